The smallest absolute Gasteiger partial charge is 0.252 e. The minimum Gasteiger partial charge on any atom is -0.310 e. The summed E-state index contributed by atoms with van der Waals surface area (Å²) >= 11 is 7.91. The highest BCUT2D eigenvalue weighted by Gasteiger charge is 2.39. The molecule has 11 aromatic rings. The van der Waals surface area contributed by atoms with Gasteiger partial charge in [0.1, 0.15) is 0 Å². The van der Waals surface area contributed by atoms with Gasteiger partial charge in [0, 0.05) is 41.9 Å². The Balaban J connectivity index is 1.50. The van der Waals surface area contributed by atoms with Gasteiger partial charge in [-0.2, -0.15) is 0 Å². The molecule has 13 rings (SSSR count). The van der Waals surface area contributed by atoms with Crippen molar-refractivity contribution in [3.8, 4) is 11.4 Å². The Bertz CT molecular complexity index is 3590. The van der Waals surface area contributed by atoms with E-state index in [1.165, 1.54) is 103 Å². The monoisotopic (exact) mass is 876 g/mol. The average molecular weight is 878 g/mol. The van der Waals surface area contributed by atoms with Gasteiger partial charge in [-0.05, 0) is 102 Å². The Labute approximate surface area is 356 Å². The Kier molecular flexibility index (Phi) is 7.14. The number of para-hydroxylation sites is 2. The van der Waals surface area contributed by atoms with Gasteiger partial charge in [0.25, 0.3) is 6.71 Å². The molecule has 0 radical (unpaired) electrons. The van der Waals surface area contributed by atoms with E-state index >= 15 is 0 Å². The molecule has 0 fully saturated rings. The first-order chi connectivity index (χ1) is 29.1. The summed E-state index contributed by atoms with van der Waals surface area (Å²) in [5, 5.41) is 14.6. The molecule has 0 spiro atoms. The van der Waals surface area contributed by atoms with E-state index in [9.17, 15) is 0 Å². The van der Waals surface area contributed by atoms with Crippen LogP contribution in [-0.2, 0) is 0 Å². The van der Waals surface area contributed by atoms with Crippen molar-refractivity contribution in [1.82, 2.24) is 9.13 Å². The van der Waals surface area contributed by atoms with Crippen molar-refractivity contribution in [3.05, 3.63) is 197 Å². The molecule has 0 atom stereocenters. The molecule has 59 heavy (non-hydrogen) atoms. The Morgan fingerprint density at radius 3 is 0.983 bits per heavy atom. The number of rotatable bonds is 0. The number of benzene rings is 9. The van der Waals surface area contributed by atoms with Crippen LogP contribution in [0, 0.1) is 0 Å². The van der Waals surface area contributed by atoms with Crippen LogP contribution >= 0.6 is 31.9 Å². The van der Waals surface area contributed by atoms with Crippen molar-refractivity contribution in [3.63, 3.8) is 0 Å². The van der Waals surface area contributed by atoms with E-state index in [1.807, 2.05) is 0 Å². The van der Waals surface area contributed by atoms with Crippen LogP contribution in [0.2, 0.25) is 0 Å². The second-order valence-electron chi connectivity index (χ2n) is 15.8. The van der Waals surface area contributed by atoms with Gasteiger partial charge in [0.05, 0.1) is 22.1 Å². The lowest BCUT2D eigenvalue weighted by molar-refractivity contribution is 1.15. The van der Waals surface area contributed by atoms with Crippen LogP contribution in [0.3, 0.4) is 0 Å². The number of nitrogens with zero attached hydrogens (tertiary/aromatic N) is 2. The van der Waals surface area contributed by atoms with Gasteiger partial charge < -0.3 is 9.13 Å². The van der Waals surface area contributed by atoms with E-state index in [4.69, 9.17) is 0 Å². The number of hydrogen-bond acceptors (Lipinski definition) is 0. The lowest BCUT2D eigenvalue weighted by Gasteiger charge is -2.35. The molecule has 0 bridgehead atoms. The highest BCUT2D eigenvalue weighted by Crippen LogP contribution is 2.41. The normalized spacial score (nSPS) is 12.5. The molecular formula is C54H31BBr2N2. The fourth-order valence-electron chi connectivity index (χ4n) is 10.6. The Hall–Kier alpha value is -6.40. The van der Waals surface area contributed by atoms with Crippen molar-refractivity contribution in [2.45, 2.75) is 0 Å². The first kappa shape index (κ1) is 33.6. The van der Waals surface area contributed by atoms with Crippen molar-refractivity contribution in [2.75, 3.05) is 0 Å². The van der Waals surface area contributed by atoms with Crippen molar-refractivity contribution >= 4 is 142 Å². The quantitative estimate of drug-likeness (QED) is 0.134. The molecule has 2 aliphatic heterocycles. The van der Waals surface area contributed by atoms with Crippen LogP contribution in [0.1, 0.15) is 0 Å². The standard InChI is InChI=1S/C54H31BBr2N2/c56-32-25-27-46-50(29-32)58-48-23-11-9-21-42(48)38-17-5-1-13-34(38)36-15-3-7-19-40(36)44-31-45-41-20-8-4-16-37(41)35-14-2-6-18-39(35)43-22-10-12-24-49(43)59-51-30-33(57)26-28-47(51)55(46)52(53(44)58)54(45)59/h1-31H. The predicted octanol–water partition coefficient (Wildman–Crippen LogP) is 13.4. The molecular weight excluding hydrogens is 847 g/mol. The second-order valence-corrected chi connectivity index (χ2v) is 17.6. The number of halogens is 2. The highest BCUT2D eigenvalue weighted by molar-refractivity contribution is 9.10. The molecule has 0 amide bonds. The molecule has 0 unspecified atom stereocenters. The minimum absolute atomic E-state index is 0.0534. The van der Waals surface area contributed by atoms with Gasteiger partial charge in [-0.3, -0.25) is 0 Å². The molecule has 2 aromatic heterocycles. The van der Waals surface area contributed by atoms with E-state index < -0.39 is 0 Å². The molecule has 9 aromatic carbocycles. The largest absolute Gasteiger partial charge is 0.310 e. The van der Waals surface area contributed by atoms with E-state index in [0.29, 0.717) is 0 Å². The van der Waals surface area contributed by atoms with E-state index in [2.05, 4.69) is 229 Å². The molecule has 2 nitrogen and oxygen atoms in total. The molecule has 0 saturated heterocycles. The maximum atomic E-state index is 3.96. The summed E-state index contributed by atoms with van der Waals surface area (Å²) in [5.41, 5.74) is 11.0. The lowest BCUT2D eigenvalue weighted by atomic mass is 9.34. The number of aromatic nitrogens is 2. The Morgan fingerprint density at radius 1 is 0.305 bits per heavy atom. The van der Waals surface area contributed by atoms with Crippen molar-refractivity contribution in [1.29, 1.82) is 0 Å². The fraction of sp³-hybridized carbons (Fsp3) is 0. The van der Waals surface area contributed by atoms with Gasteiger partial charge in [-0.15, -0.1) is 0 Å². The maximum Gasteiger partial charge on any atom is 0.252 e. The van der Waals surface area contributed by atoms with E-state index in [-0.39, 0.29) is 6.71 Å². The summed E-state index contributed by atoms with van der Waals surface area (Å²) in [4.78, 5) is 0. The van der Waals surface area contributed by atoms with Crippen LogP contribution < -0.4 is 16.4 Å². The summed E-state index contributed by atoms with van der Waals surface area (Å²) in [7, 11) is 0. The number of hydrogen-bond donors (Lipinski definition) is 0. The zero-order chi connectivity index (χ0) is 38.9. The van der Waals surface area contributed by atoms with Crippen LogP contribution in [0.4, 0.5) is 0 Å². The third-order valence-corrected chi connectivity index (χ3v) is 13.9. The molecule has 0 aliphatic carbocycles. The summed E-state index contributed by atoms with van der Waals surface area (Å²) in [5.74, 6) is 0. The lowest BCUT2D eigenvalue weighted by Crippen LogP contribution is -2.59. The zero-order valence-corrected chi connectivity index (χ0v) is 34.8. The first-order valence-corrected chi connectivity index (χ1v) is 21.7. The molecule has 4 heterocycles. The average Bonchev–Trinajstić information content (AvgIpc) is 3.35. The van der Waals surface area contributed by atoms with Gasteiger partial charge in [-0.1, -0.05) is 177 Å². The number of fused-ring (bicyclic) bond motifs is 20. The highest BCUT2D eigenvalue weighted by atomic mass is 79.9. The molecule has 2 aliphatic rings. The van der Waals surface area contributed by atoms with Gasteiger partial charge >= 0.3 is 0 Å². The third-order valence-electron chi connectivity index (χ3n) is 12.9. The van der Waals surface area contributed by atoms with Crippen molar-refractivity contribution < 1.29 is 0 Å². The fourth-order valence-corrected chi connectivity index (χ4v) is 11.3. The maximum absolute atomic E-state index is 3.96. The minimum atomic E-state index is -0.0534. The SMILES string of the molecule is Brc1ccc2c(c1)-n1c3ccccc3c3ccccc3c3ccccc3c3cc4c5ccccc5c5ccccc5c5ccccc5n5c4c(c31)B2c1ccc(Br)cc1-5. The van der Waals surface area contributed by atoms with Gasteiger partial charge in [0.15, 0.2) is 0 Å². The van der Waals surface area contributed by atoms with Crippen LogP contribution in [-0.4, -0.2) is 15.8 Å². The molecule has 0 saturated carbocycles. The third kappa shape index (κ3) is 4.63. The van der Waals surface area contributed by atoms with Crippen LogP contribution in [0.5, 0.6) is 0 Å². The molecule has 274 valence electrons. The van der Waals surface area contributed by atoms with Crippen molar-refractivity contribution in [2.24, 2.45) is 0 Å². The van der Waals surface area contributed by atoms with Gasteiger partial charge in [-0.25, -0.2) is 0 Å². The predicted molar refractivity (Wildman–Crippen MR) is 260 cm³/mol. The Morgan fingerprint density at radius 2 is 0.610 bits per heavy atom. The first-order valence-electron chi connectivity index (χ1n) is 20.1. The topological polar surface area (TPSA) is 9.86 Å². The summed E-state index contributed by atoms with van der Waals surface area (Å²) in [6, 6.07) is 70.4. The van der Waals surface area contributed by atoms with Crippen LogP contribution in [0.15, 0.2) is 197 Å². The summed E-state index contributed by atoms with van der Waals surface area (Å²) in [6.45, 7) is -0.0534. The van der Waals surface area contributed by atoms with E-state index in [0.717, 1.165) is 20.0 Å². The van der Waals surface area contributed by atoms with Gasteiger partial charge in [0.2, 0.25) is 0 Å². The molecule has 0 N–H and O–H groups in total. The summed E-state index contributed by atoms with van der Waals surface area (Å²) < 4.78 is 7.29. The molecule has 5 heteroatoms. The summed E-state index contributed by atoms with van der Waals surface area (Å²) in [6.07, 6.45) is 0. The van der Waals surface area contributed by atoms with E-state index in [1.54, 1.807) is 0 Å². The second kappa shape index (κ2) is 12.6. The van der Waals surface area contributed by atoms with Crippen LogP contribution in [0.25, 0.3) is 98.1 Å². The zero-order valence-electron chi connectivity index (χ0n) is 31.6.